The molecule has 1 aromatic carbocycles. The van der Waals surface area contributed by atoms with E-state index in [1.54, 1.807) is 33.2 Å². The van der Waals surface area contributed by atoms with Crippen molar-refractivity contribution in [2.45, 2.75) is 51.6 Å². The van der Waals surface area contributed by atoms with Gasteiger partial charge in [0.25, 0.3) is 5.91 Å². The Hall–Kier alpha value is -3.20. The number of H-pyrrole nitrogens is 1. The van der Waals surface area contributed by atoms with Crippen LogP contribution in [0.25, 0.3) is 10.9 Å². The molecule has 0 unspecified atom stereocenters. The van der Waals surface area contributed by atoms with Crippen LogP contribution in [-0.4, -0.2) is 69.8 Å². The van der Waals surface area contributed by atoms with Crippen molar-refractivity contribution < 1.29 is 19.1 Å². The fraction of sp³-hybridized carbons (Fsp3) is 0.462. The summed E-state index contributed by atoms with van der Waals surface area (Å²) in [6.45, 7) is 6.60. The maximum absolute atomic E-state index is 12.9. The van der Waals surface area contributed by atoms with Crippen molar-refractivity contribution in [1.29, 1.82) is 0 Å². The van der Waals surface area contributed by atoms with Gasteiger partial charge in [-0.3, -0.25) is 14.4 Å². The Bertz CT molecular complexity index is 1220. The number of benzene rings is 1. The van der Waals surface area contributed by atoms with E-state index < -0.39 is 11.6 Å². The number of thiazole rings is 1. The molecule has 0 atom stereocenters. The number of fused-ring (bicyclic) bond motifs is 1. The number of ether oxygens (including phenoxy) is 1. The molecule has 2 amide bonds. The molecule has 0 aliphatic carbocycles. The molecule has 8 nitrogen and oxygen atoms in total. The van der Waals surface area contributed by atoms with Crippen molar-refractivity contribution in [3.05, 3.63) is 52.1 Å². The number of nitrogens with one attached hydrogen (secondary N) is 1. The van der Waals surface area contributed by atoms with Gasteiger partial charge in [-0.05, 0) is 45.2 Å². The lowest BCUT2D eigenvalue weighted by molar-refractivity contribution is -0.155. The predicted octanol–water partition coefficient (Wildman–Crippen LogP) is 3.99. The van der Waals surface area contributed by atoms with E-state index in [4.69, 9.17) is 4.74 Å². The summed E-state index contributed by atoms with van der Waals surface area (Å²) in [6.07, 6.45) is 3.93. The van der Waals surface area contributed by atoms with Crippen LogP contribution in [0, 0.1) is 0 Å². The van der Waals surface area contributed by atoms with E-state index in [1.165, 1.54) is 16.2 Å². The van der Waals surface area contributed by atoms with Crippen LogP contribution in [-0.2, 0) is 20.7 Å². The third-order valence-corrected chi connectivity index (χ3v) is 7.09. The average Bonchev–Trinajstić information content (AvgIpc) is 3.45. The second-order valence-corrected chi connectivity index (χ2v) is 10.9. The minimum absolute atomic E-state index is 0.125. The Morgan fingerprint density at radius 1 is 1.20 bits per heavy atom. The fourth-order valence-corrected chi connectivity index (χ4v) is 5.30. The second kappa shape index (κ2) is 10.2. The molecule has 186 valence electrons. The van der Waals surface area contributed by atoms with Crippen molar-refractivity contribution >= 4 is 40.0 Å². The molecule has 0 bridgehead atoms. The van der Waals surface area contributed by atoms with Gasteiger partial charge in [-0.1, -0.05) is 18.2 Å². The summed E-state index contributed by atoms with van der Waals surface area (Å²) in [6, 6.07) is 8.01. The number of likely N-dealkylation sites (N-methyl/N-ethyl adjacent to an activating group) is 1. The smallest absolute Gasteiger partial charge is 0.326 e. The molecule has 4 rings (SSSR count). The second-order valence-electron chi connectivity index (χ2n) is 10.0. The molecule has 1 aliphatic heterocycles. The number of aromatic nitrogens is 2. The zero-order valence-corrected chi connectivity index (χ0v) is 21.5. The number of hydrogen-bond donors (Lipinski definition) is 1. The molecule has 3 heterocycles. The number of carbonyl (C=O) groups is 3. The van der Waals surface area contributed by atoms with Gasteiger partial charge in [0.05, 0.1) is 11.4 Å². The topological polar surface area (TPSA) is 95.6 Å². The molecule has 1 aliphatic rings. The molecule has 2 aromatic heterocycles. The zero-order chi connectivity index (χ0) is 25.2. The van der Waals surface area contributed by atoms with E-state index in [1.807, 2.05) is 35.4 Å². The lowest BCUT2D eigenvalue weighted by Crippen LogP contribution is -2.38. The van der Waals surface area contributed by atoms with Gasteiger partial charge in [-0.25, -0.2) is 4.98 Å². The third-order valence-electron chi connectivity index (χ3n) is 6.09. The monoisotopic (exact) mass is 496 g/mol. The van der Waals surface area contributed by atoms with Crippen LogP contribution in [0.3, 0.4) is 0 Å². The van der Waals surface area contributed by atoms with E-state index in [9.17, 15) is 14.4 Å². The Labute approximate surface area is 209 Å². The van der Waals surface area contributed by atoms with Crippen LogP contribution >= 0.6 is 11.3 Å². The normalized spacial score (nSPS) is 14.8. The van der Waals surface area contributed by atoms with Crippen LogP contribution in [0.1, 0.15) is 60.6 Å². The van der Waals surface area contributed by atoms with Crippen molar-refractivity contribution in [1.82, 2.24) is 19.8 Å². The fourth-order valence-electron chi connectivity index (χ4n) is 4.34. The number of rotatable bonds is 6. The van der Waals surface area contributed by atoms with Gasteiger partial charge >= 0.3 is 5.97 Å². The molecule has 1 saturated heterocycles. The number of carbonyl (C=O) groups excluding carboxylic acids is 3. The van der Waals surface area contributed by atoms with E-state index in [0.29, 0.717) is 25.2 Å². The maximum atomic E-state index is 12.9. The highest BCUT2D eigenvalue weighted by molar-refractivity contribution is 7.09. The maximum Gasteiger partial charge on any atom is 0.326 e. The molecular formula is C26H32N4O4S. The standard InChI is InChI=1S/C26H32N4O4S/c1-26(2,3)34-23(32)15-29(4)25(33)21-16-35-24(28-21)17-9-11-30(12-10-17)22(31)13-18-14-27-20-8-6-5-7-19(18)20/h5-8,14,16-17,27H,9-13,15H2,1-4H3. The first-order valence-corrected chi connectivity index (χ1v) is 12.7. The molecule has 9 heteroatoms. The van der Waals surface area contributed by atoms with Crippen molar-refractivity contribution in [3.63, 3.8) is 0 Å². The van der Waals surface area contributed by atoms with Crippen molar-refractivity contribution in [2.24, 2.45) is 0 Å². The van der Waals surface area contributed by atoms with Gasteiger partial charge in [0.15, 0.2) is 0 Å². The van der Waals surface area contributed by atoms with Crippen LogP contribution in [0.5, 0.6) is 0 Å². The highest BCUT2D eigenvalue weighted by Crippen LogP contribution is 2.31. The lowest BCUT2D eigenvalue weighted by atomic mass is 9.97. The van der Waals surface area contributed by atoms with Crippen LogP contribution in [0.15, 0.2) is 35.8 Å². The molecule has 1 fully saturated rings. The number of amides is 2. The van der Waals surface area contributed by atoms with Crippen molar-refractivity contribution in [3.8, 4) is 0 Å². The number of likely N-dealkylation sites (tertiary alicyclic amines) is 1. The minimum atomic E-state index is -0.597. The molecule has 0 saturated carbocycles. The number of nitrogens with zero attached hydrogens (tertiary/aromatic N) is 3. The summed E-state index contributed by atoms with van der Waals surface area (Å²) in [5, 5.41) is 3.74. The number of hydrogen-bond acceptors (Lipinski definition) is 6. The Morgan fingerprint density at radius 3 is 2.63 bits per heavy atom. The molecule has 35 heavy (non-hydrogen) atoms. The van der Waals surface area contributed by atoms with Gasteiger partial charge in [0.1, 0.15) is 17.8 Å². The first-order valence-electron chi connectivity index (χ1n) is 11.9. The van der Waals surface area contributed by atoms with Crippen LogP contribution in [0.4, 0.5) is 0 Å². The van der Waals surface area contributed by atoms with E-state index in [-0.39, 0.29) is 24.3 Å². The third kappa shape index (κ3) is 6.08. The van der Waals surface area contributed by atoms with Crippen LogP contribution in [0.2, 0.25) is 0 Å². The minimum Gasteiger partial charge on any atom is -0.459 e. The van der Waals surface area contributed by atoms with E-state index in [2.05, 4.69) is 9.97 Å². The summed E-state index contributed by atoms with van der Waals surface area (Å²) >= 11 is 1.46. The first-order chi connectivity index (χ1) is 16.6. The summed E-state index contributed by atoms with van der Waals surface area (Å²) in [5.74, 6) is -0.403. The number of piperidine rings is 1. The molecule has 1 N–H and O–H groups in total. The Kier molecular flexibility index (Phi) is 7.25. The zero-order valence-electron chi connectivity index (χ0n) is 20.7. The molecule has 3 aromatic rings. The van der Waals surface area contributed by atoms with Gasteiger partial charge in [-0.15, -0.1) is 11.3 Å². The summed E-state index contributed by atoms with van der Waals surface area (Å²) < 4.78 is 5.29. The summed E-state index contributed by atoms with van der Waals surface area (Å²) in [4.78, 5) is 48.7. The predicted molar refractivity (Wildman–Crippen MR) is 135 cm³/mol. The van der Waals surface area contributed by atoms with Crippen molar-refractivity contribution in [2.75, 3.05) is 26.7 Å². The Balaban J connectivity index is 1.30. The van der Waals surface area contributed by atoms with E-state index in [0.717, 1.165) is 34.3 Å². The van der Waals surface area contributed by atoms with Crippen LogP contribution < -0.4 is 0 Å². The molecule has 0 spiro atoms. The number of aromatic amines is 1. The van der Waals surface area contributed by atoms with Gasteiger partial charge in [0, 0.05) is 48.5 Å². The van der Waals surface area contributed by atoms with Gasteiger partial charge in [-0.2, -0.15) is 0 Å². The highest BCUT2D eigenvalue weighted by Gasteiger charge is 2.28. The van der Waals surface area contributed by atoms with E-state index >= 15 is 0 Å². The Morgan fingerprint density at radius 2 is 1.91 bits per heavy atom. The number of para-hydroxylation sites is 1. The largest absolute Gasteiger partial charge is 0.459 e. The quantitative estimate of drug-likeness (QED) is 0.521. The molecule has 0 radical (unpaired) electrons. The van der Waals surface area contributed by atoms with Gasteiger partial charge in [0.2, 0.25) is 5.91 Å². The SMILES string of the molecule is CN(CC(=O)OC(C)(C)C)C(=O)c1csc(C2CCN(C(=O)Cc3c[nH]c4ccccc34)CC2)n1. The average molecular weight is 497 g/mol. The first kappa shape index (κ1) is 24.9. The van der Waals surface area contributed by atoms with Gasteiger partial charge < -0.3 is 19.5 Å². The number of esters is 1. The highest BCUT2D eigenvalue weighted by atomic mass is 32.1. The summed E-state index contributed by atoms with van der Waals surface area (Å²) in [7, 11) is 1.57. The summed E-state index contributed by atoms with van der Waals surface area (Å²) in [5.41, 5.74) is 1.81. The lowest BCUT2D eigenvalue weighted by Gasteiger charge is -2.31. The molecular weight excluding hydrogens is 464 g/mol.